The van der Waals surface area contributed by atoms with E-state index >= 15 is 0 Å². The summed E-state index contributed by atoms with van der Waals surface area (Å²) in [6.45, 7) is 3.39. The Bertz CT molecular complexity index is 1200. The number of pyridine rings is 1. The van der Waals surface area contributed by atoms with Crippen molar-refractivity contribution in [1.29, 1.82) is 0 Å². The number of nitrogens with one attached hydrogen (secondary N) is 1. The highest BCUT2D eigenvalue weighted by atomic mass is 16.5. The van der Waals surface area contributed by atoms with Gasteiger partial charge in [0, 0.05) is 44.6 Å². The summed E-state index contributed by atoms with van der Waals surface area (Å²) in [6.07, 6.45) is 4.52. The van der Waals surface area contributed by atoms with Crippen LogP contribution >= 0.6 is 0 Å². The predicted molar refractivity (Wildman–Crippen MR) is 143 cm³/mol. The summed E-state index contributed by atoms with van der Waals surface area (Å²) in [5, 5.41) is 2.94. The Labute approximate surface area is 213 Å². The summed E-state index contributed by atoms with van der Waals surface area (Å²) >= 11 is 0. The SMILES string of the molecule is COc1ccc(CC2CCN(C(=O)c3ccc(C)c(NC(=O)c4ccc(N(C)C)nc4)c3)CC2)cc1. The van der Waals surface area contributed by atoms with E-state index in [0.717, 1.165) is 49.5 Å². The molecule has 7 heteroatoms. The first-order valence-electron chi connectivity index (χ1n) is 12.3. The summed E-state index contributed by atoms with van der Waals surface area (Å²) in [5.41, 5.74) is 3.89. The lowest BCUT2D eigenvalue weighted by Crippen LogP contribution is -2.39. The highest BCUT2D eigenvalue weighted by molar-refractivity contribution is 6.05. The Morgan fingerprint density at radius 2 is 1.72 bits per heavy atom. The van der Waals surface area contributed by atoms with Crippen molar-refractivity contribution in [3.8, 4) is 5.75 Å². The number of likely N-dealkylation sites (tertiary alicyclic amines) is 1. The topological polar surface area (TPSA) is 74.8 Å². The molecule has 0 unspecified atom stereocenters. The molecule has 3 aromatic rings. The fraction of sp³-hybridized carbons (Fsp3) is 0.345. The number of nitrogens with zero attached hydrogens (tertiary/aromatic N) is 3. The molecule has 0 spiro atoms. The van der Waals surface area contributed by atoms with E-state index in [4.69, 9.17) is 4.74 Å². The molecule has 1 saturated heterocycles. The molecule has 1 N–H and O–H groups in total. The van der Waals surface area contributed by atoms with Crippen LogP contribution in [-0.2, 0) is 6.42 Å². The zero-order valence-corrected chi connectivity index (χ0v) is 21.5. The molecule has 2 amide bonds. The van der Waals surface area contributed by atoms with E-state index in [1.807, 2.05) is 55.1 Å². The van der Waals surface area contributed by atoms with Gasteiger partial charge in [-0.3, -0.25) is 9.59 Å². The average Bonchev–Trinajstić information content (AvgIpc) is 2.90. The molecule has 0 atom stereocenters. The Morgan fingerprint density at radius 1 is 1.03 bits per heavy atom. The zero-order valence-electron chi connectivity index (χ0n) is 21.5. The minimum atomic E-state index is -0.250. The number of methoxy groups -OCH3 is 1. The van der Waals surface area contributed by atoms with Gasteiger partial charge in [0.1, 0.15) is 11.6 Å². The lowest BCUT2D eigenvalue weighted by atomic mass is 9.90. The van der Waals surface area contributed by atoms with Crippen LogP contribution in [0.2, 0.25) is 0 Å². The fourth-order valence-corrected chi connectivity index (χ4v) is 4.49. The molecule has 1 fully saturated rings. The van der Waals surface area contributed by atoms with Crippen LogP contribution in [-0.4, -0.2) is 56.0 Å². The maximum Gasteiger partial charge on any atom is 0.257 e. The molecule has 0 radical (unpaired) electrons. The van der Waals surface area contributed by atoms with E-state index < -0.39 is 0 Å². The van der Waals surface area contributed by atoms with E-state index in [2.05, 4.69) is 22.4 Å². The maximum atomic E-state index is 13.2. The highest BCUT2D eigenvalue weighted by Gasteiger charge is 2.24. The van der Waals surface area contributed by atoms with Crippen LogP contribution < -0.4 is 15.0 Å². The Hall–Kier alpha value is -3.87. The molecule has 0 aliphatic carbocycles. The molecule has 0 saturated carbocycles. The van der Waals surface area contributed by atoms with Crippen molar-refractivity contribution >= 4 is 23.3 Å². The van der Waals surface area contributed by atoms with Gasteiger partial charge in [-0.25, -0.2) is 4.98 Å². The van der Waals surface area contributed by atoms with Crippen molar-refractivity contribution in [2.24, 2.45) is 5.92 Å². The lowest BCUT2D eigenvalue weighted by Gasteiger charge is -2.32. The molecule has 2 aromatic carbocycles. The number of rotatable bonds is 7. The smallest absolute Gasteiger partial charge is 0.257 e. The van der Waals surface area contributed by atoms with Crippen LogP contribution in [0, 0.1) is 12.8 Å². The van der Waals surface area contributed by atoms with E-state index in [1.165, 1.54) is 5.56 Å². The van der Waals surface area contributed by atoms with Gasteiger partial charge < -0.3 is 19.9 Å². The van der Waals surface area contributed by atoms with Crippen LogP contribution in [0.25, 0.3) is 0 Å². The van der Waals surface area contributed by atoms with Gasteiger partial charge in [0.05, 0.1) is 12.7 Å². The fourth-order valence-electron chi connectivity index (χ4n) is 4.49. The summed E-state index contributed by atoms with van der Waals surface area (Å²) in [7, 11) is 5.48. The molecule has 1 aliphatic heterocycles. The number of ether oxygens (including phenoxy) is 1. The average molecular weight is 487 g/mol. The largest absolute Gasteiger partial charge is 0.497 e. The molecule has 36 heavy (non-hydrogen) atoms. The third-order valence-electron chi connectivity index (χ3n) is 6.79. The Morgan fingerprint density at radius 3 is 2.33 bits per heavy atom. The van der Waals surface area contributed by atoms with E-state index in [1.54, 1.807) is 31.5 Å². The Balaban J connectivity index is 1.36. The van der Waals surface area contributed by atoms with Gasteiger partial charge in [-0.2, -0.15) is 0 Å². The van der Waals surface area contributed by atoms with Crippen LogP contribution in [0.15, 0.2) is 60.8 Å². The number of benzene rings is 2. The zero-order chi connectivity index (χ0) is 25.7. The van der Waals surface area contributed by atoms with Gasteiger partial charge >= 0.3 is 0 Å². The molecule has 188 valence electrons. The lowest BCUT2D eigenvalue weighted by molar-refractivity contribution is 0.0690. The standard InChI is InChI=1S/C29H34N4O3/c1-20-5-8-23(18-26(20)31-28(34)24-9-12-27(30-19-24)32(2)3)29(35)33-15-13-22(14-16-33)17-21-6-10-25(36-4)11-7-21/h5-12,18-19,22H,13-17H2,1-4H3,(H,31,34). The van der Waals surface area contributed by atoms with Crippen LogP contribution in [0.4, 0.5) is 11.5 Å². The highest BCUT2D eigenvalue weighted by Crippen LogP contribution is 2.25. The van der Waals surface area contributed by atoms with Crippen LogP contribution in [0.1, 0.15) is 44.7 Å². The molecule has 7 nitrogen and oxygen atoms in total. The minimum absolute atomic E-state index is 0.00500. The van der Waals surface area contributed by atoms with Gasteiger partial charge in [-0.15, -0.1) is 0 Å². The van der Waals surface area contributed by atoms with Gasteiger partial charge in [-0.05, 0) is 79.6 Å². The second-order valence-corrected chi connectivity index (χ2v) is 9.57. The second-order valence-electron chi connectivity index (χ2n) is 9.57. The third kappa shape index (κ3) is 6.03. The first-order chi connectivity index (χ1) is 17.3. The number of amides is 2. The van der Waals surface area contributed by atoms with Crippen molar-refractivity contribution < 1.29 is 14.3 Å². The molecule has 1 aliphatic rings. The number of hydrogen-bond acceptors (Lipinski definition) is 5. The van der Waals surface area contributed by atoms with E-state index in [0.29, 0.717) is 22.7 Å². The van der Waals surface area contributed by atoms with Crippen LogP contribution in [0.3, 0.4) is 0 Å². The monoisotopic (exact) mass is 486 g/mol. The van der Waals surface area contributed by atoms with E-state index in [9.17, 15) is 9.59 Å². The number of carbonyl (C=O) groups is 2. The molecular weight excluding hydrogens is 452 g/mol. The predicted octanol–water partition coefficient (Wildman–Crippen LogP) is 4.81. The molecule has 4 rings (SSSR count). The number of anilines is 2. The summed E-state index contributed by atoms with van der Waals surface area (Å²) in [5.74, 6) is 1.96. The third-order valence-corrected chi connectivity index (χ3v) is 6.79. The van der Waals surface area contributed by atoms with Gasteiger partial charge in [0.25, 0.3) is 11.8 Å². The van der Waals surface area contributed by atoms with E-state index in [-0.39, 0.29) is 11.8 Å². The summed E-state index contributed by atoms with van der Waals surface area (Å²) < 4.78 is 5.24. The maximum absolute atomic E-state index is 13.2. The molecule has 0 bridgehead atoms. The first kappa shape index (κ1) is 25.2. The number of piperidine rings is 1. The summed E-state index contributed by atoms with van der Waals surface area (Å²) in [4.78, 5) is 34.1. The molecular formula is C29H34N4O3. The number of aromatic nitrogens is 1. The number of hydrogen-bond donors (Lipinski definition) is 1. The normalized spacial score (nSPS) is 13.8. The van der Waals surface area contributed by atoms with Crippen molar-refractivity contribution in [3.05, 3.63) is 83.0 Å². The summed E-state index contributed by atoms with van der Waals surface area (Å²) in [6, 6.07) is 17.3. The van der Waals surface area contributed by atoms with Gasteiger partial charge in [0.15, 0.2) is 0 Å². The molecule has 2 heterocycles. The minimum Gasteiger partial charge on any atom is -0.497 e. The first-order valence-corrected chi connectivity index (χ1v) is 12.3. The molecule has 1 aromatic heterocycles. The van der Waals surface area contributed by atoms with Crippen LogP contribution in [0.5, 0.6) is 5.75 Å². The van der Waals surface area contributed by atoms with Crippen molar-refractivity contribution in [2.45, 2.75) is 26.2 Å². The second kappa shape index (κ2) is 11.2. The Kier molecular flexibility index (Phi) is 7.88. The van der Waals surface area contributed by atoms with Crippen molar-refractivity contribution in [1.82, 2.24) is 9.88 Å². The van der Waals surface area contributed by atoms with Crippen molar-refractivity contribution in [3.63, 3.8) is 0 Å². The van der Waals surface area contributed by atoms with Gasteiger partial charge in [-0.1, -0.05) is 18.2 Å². The quantitative estimate of drug-likeness (QED) is 0.519. The van der Waals surface area contributed by atoms with Crippen molar-refractivity contribution in [2.75, 3.05) is 44.5 Å². The number of aryl methyl sites for hydroxylation is 1. The van der Waals surface area contributed by atoms with Gasteiger partial charge in [0.2, 0.25) is 0 Å². The number of carbonyl (C=O) groups excluding carboxylic acids is 2.